The van der Waals surface area contributed by atoms with E-state index in [9.17, 15) is 9.59 Å². The quantitative estimate of drug-likeness (QED) is 0.639. The minimum Gasteiger partial charge on any atom is -0.392 e. The number of nitrogens with two attached hydrogens (primary N) is 1. The van der Waals surface area contributed by atoms with E-state index in [4.69, 9.17) is 18.0 Å². The van der Waals surface area contributed by atoms with Crippen molar-refractivity contribution in [2.24, 2.45) is 23.5 Å². The molecule has 4 nitrogen and oxygen atoms in total. The van der Waals surface area contributed by atoms with E-state index in [-0.39, 0.29) is 35.6 Å². The number of amides is 2. The molecule has 0 spiro atoms. The number of hydrogen-bond donors (Lipinski definition) is 1. The van der Waals surface area contributed by atoms with Crippen molar-refractivity contribution in [2.75, 3.05) is 0 Å². The minimum atomic E-state index is -0.337. The molecule has 1 saturated heterocycles. The maximum Gasteiger partial charge on any atom is 0.233 e. The lowest BCUT2D eigenvalue weighted by atomic mass is 9.83. The third kappa shape index (κ3) is 2.16. The molecule has 2 N–H and O–H groups in total. The van der Waals surface area contributed by atoms with Crippen molar-refractivity contribution >= 4 is 29.0 Å². The summed E-state index contributed by atoms with van der Waals surface area (Å²) in [5.41, 5.74) is 5.91. The Balaban J connectivity index is 1.86. The first-order valence-corrected chi connectivity index (χ1v) is 8.18. The van der Waals surface area contributed by atoms with Crippen LogP contribution in [0.2, 0.25) is 0 Å². The van der Waals surface area contributed by atoms with Crippen LogP contribution >= 0.6 is 12.2 Å². The van der Waals surface area contributed by atoms with Gasteiger partial charge in [-0.2, -0.15) is 0 Å². The minimum absolute atomic E-state index is 0.0131. The van der Waals surface area contributed by atoms with Gasteiger partial charge in [-0.3, -0.25) is 14.5 Å². The second-order valence-electron chi connectivity index (χ2n) is 6.44. The molecule has 0 aromatic heterocycles. The molecule has 0 bridgehead atoms. The van der Waals surface area contributed by atoms with E-state index in [0.717, 1.165) is 44.9 Å². The summed E-state index contributed by atoms with van der Waals surface area (Å²) in [5.74, 6) is 0.0561. The van der Waals surface area contributed by atoms with Gasteiger partial charge in [0.2, 0.25) is 11.8 Å². The normalized spacial score (nSPS) is 32.5. The monoisotopic (exact) mass is 294 g/mol. The predicted molar refractivity (Wildman–Crippen MR) is 79.8 cm³/mol. The first-order valence-electron chi connectivity index (χ1n) is 7.77. The van der Waals surface area contributed by atoms with Gasteiger partial charge >= 0.3 is 0 Å². The van der Waals surface area contributed by atoms with Crippen LogP contribution in [0.4, 0.5) is 0 Å². The average Bonchev–Trinajstić information content (AvgIpc) is 3.00. The molecular formula is C15H22N2O2S. The number of imide groups is 1. The largest absolute Gasteiger partial charge is 0.392 e. The summed E-state index contributed by atoms with van der Waals surface area (Å²) in [7, 11) is 0. The Hall–Kier alpha value is -0.970. The van der Waals surface area contributed by atoms with Crippen LogP contribution in [0.25, 0.3) is 0 Å². The zero-order valence-electron chi connectivity index (χ0n) is 11.7. The van der Waals surface area contributed by atoms with Gasteiger partial charge in [0.05, 0.1) is 22.9 Å². The van der Waals surface area contributed by atoms with Crippen LogP contribution < -0.4 is 5.73 Å². The number of nitrogens with zero attached hydrogens (tertiary/aromatic N) is 1. The van der Waals surface area contributed by atoms with E-state index in [1.54, 1.807) is 0 Å². The van der Waals surface area contributed by atoms with Crippen molar-refractivity contribution in [3.8, 4) is 0 Å². The Kier molecular flexibility index (Phi) is 3.80. The number of hydrogen-bond acceptors (Lipinski definition) is 3. The molecule has 20 heavy (non-hydrogen) atoms. The van der Waals surface area contributed by atoms with Crippen molar-refractivity contribution < 1.29 is 9.59 Å². The van der Waals surface area contributed by atoms with E-state index < -0.39 is 0 Å². The molecule has 3 rings (SSSR count). The Morgan fingerprint density at radius 2 is 1.55 bits per heavy atom. The van der Waals surface area contributed by atoms with Crippen LogP contribution in [-0.4, -0.2) is 27.7 Å². The smallest absolute Gasteiger partial charge is 0.233 e. The topological polar surface area (TPSA) is 63.4 Å². The van der Waals surface area contributed by atoms with Gasteiger partial charge in [-0.15, -0.1) is 0 Å². The van der Waals surface area contributed by atoms with Gasteiger partial charge in [-0.05, 0) is 31.6 Å². The van der Waals surface area contributed by atoms with Crippen molar-refractivity contribution in [1.29, 1.82) is 0 Å². The molecule has 2 aliphatic carbocycles. The Bertz CT molecular complexity index is 423. The van der Waals surface area contributed by atoms with Gasteiger partial charge in [0.15, 0.2) is 0 Å². The molecule has 0 aromatic carbocycles. The number of thiocarbonyl (C=S) groups is 1. The van der Waals surface area contributed by atoms with Crippen LogP contribution in [-0.2, 0) is 9.59 Å². The maximum absolute atomic E-state index is 12.6. The third-order valence-corrected chi connectivity index (χ3v) is 5.53. The molecule has 1 heterocycles. The SMILES string of the molecule is NC(=S)C(C1CCCCC1)N1C(=O)C2CCCC2C1=O. The molecule has 2 saturated carbocycles. The van der Waals surface area contributed by atoms with Crippen LogP contribution in [0.5, 0.6) is 0 Å². The highest BCUT2D eigenvalue weighted by Crippen LogP contribution is 2.42. The number of rotatable bonds is 3. The van der Waals surface area contributed by atoms with E-state index in [0.29, 0.717) is 4.99 Å². The molecule has 0 aromatic rings. The van der Waals surface area contributed by atoms with E-state index in [1.807, 2.05) is 0 Å². The fourth-order valence-electron chi connectivity index (χ4n) is 4.31. The van der Waals surface area contributed by atoms with Gasteiger partial charge in [-0.1, -0.05) is 37.9 Å². The van der Waals surface area contributed by atoms with Gasteiger partial charge in [0.1, 0.15) is 0 Å². The molecule has 3 aliphatic rings. The lowest BCUT2D eigenvalue weighted by molar-refractivity contribution is -0.142. The average molecular weight is 294 g/mol. The fraction of sp³-hybridized carbons (Fsp3) is 0.800. The van der Waals surface area contributed by atoms with Crippen molar-refractivity contribution in [3.63, 3.8) is 0 Å². The maximum atomic E-state index is 12.6. The van der Waals surface area contributed by atoms with Crippen LogP contribution in [0.1, 0.15) is 51.4 Å². The molecule has 1 aliphatic heterocycles. The highest BCUT2D eigenvalue weighted by Gasteiger charge is 2.53. The molecule has 3 fully saturated rings. The highest BCUT2D eigenvalue weighted by atomic mass is 32.1. The van der Waals surface area contributed by atoms with Gasteiger partial charge < -0.3 is 5.73 Å². The summed E-state index contributed by atoms with van der Waals surface area (Å²) >= 11 is 5.20. The number of carbonyl (C=O) groups is 2. The van der Waals surface area contributed by atoms with Crippen LogP contribution in [0, 0.1) is 17.8 Å². The first kappa shape index (κ1) is 14.0. The molecule has 3 atom stereocenters. The standard InChI is InChI=1S/C15H22N2O2S/c16-13(20)12(9-5-2-1-3-6-9)17-14(18)10-7-4-8-11(10)15(17)19/h9-12H,1-8H2,(H2,16,20). The summed E-state index contributed by atoms with van der Waals surface area (Å²) in [6, 6.07) is -0.337. The first-order chi connectivity index (χ1) is 9.61. The van der Waals surface area contributed by atoms with E-state index in [1.165, 1.54) is 11.3 Å². The molecule has 3 unspecified atom stereocenters. The second-order valence-corrected chi connectivity index (χ2v) is 6.91. The highest BCUT2D eigenvalue weighted by molar-refractivity contribution is 7.80. The lowest BCUT2D eigenvalue weighted by Gasteiger charge is -2.35. The van der Waals surface area contributed by atoms with Gasteiger partial charge in [0.25, 0.3) is 0 Å². The van der Waals surface area contributed by atoms with Gasteiger partial charge in [-0.25, -0.2) is 0 Å². The van der Waals surface area contributed by atoms with Crippen LogP contribution in [0.15, 0.2) is 0 Å². The summed E-state index contributed by atoms with van der Waals surface area (Å²) in [6.07, 6.45) is 8.25. The molecule has 0 radical (unpaired) electrons. The van der Waals surface area contributed by atoms with Crippen molar-refractivity contribution in [1.82, 2.24) is 4.90 Å². The summed E-state index contributed by atoms with van der Waals surface area (Å²) < 4.78 is 0. The zero-order chi connectivity index (χ0) is 14.3. The van der Waals surface area contributed by atoms with Gasteiger partial charge in [0, 0.05) is 0 Å². The van der Waals surface area contributed by atoms with Crippen LogP contribution in [0.3, 0.4) is 0 Å². The van der Waals surface area contributed by atoms with Crippen molar-refractivity contribution in [3.05, 3.63) is 0 Å². The second kappa shape index (κ2) is 5.43. The molecular weight excluding hydrogens is 272 g/mol. The fourth-order valence-corrected chi connectivity index (χ4v) is 4.61. The number of likely N-dealkylation sites (tertiary alicyclic amines) is 1. The number of fused-ring (bicyclic) bond motifs is 1. The Morgan fingerprint density at radius 1 is 1.00 bits per heavy atom. The number of carbonyl (C=O) groups excluding carboxylic acids is 2. The molecule has 5 heteroatoms. The third-order valence-electron chi connectivity index (χ3n) is 5.29. The Morgan fingerprint density at radius 3 is 2.05 bits per heavy atom. The zero-order valence-corrected chi connectivity index (χ0v) is 12.5. The predicted octanol–water partition coefficient (Wildman–Crippen LogP) is 2.01. The lowest BCUT2D eigenvalue weighted by Crippen LogP contribution is -2.52. The van der Waals surface area contributed by atoms with E-state index >= 15 is 0 Å². The molecule has 2 amide bonds. The molecule has 110 valence electrons. The summed E-state index contributed by atoms with van der Waals surface area (Å²) in [6.45, 7) is 0. The summed E-state index contributed by atoms with van der Waals surface area (Å²) in [4.78, 5) is 26.9. The summed E-state index contributed by atoms with van der Waals surface area (Å²) in [5, 5.41) is 0. The van der Waals surface area contributed by atoms with Crippen molar-refractivity contribution in [2.45, 2.75) is 57.4 Å². The Labute approximate surface area is 125 Å². The van der Waals surface area contributed by atoms with E-state index in [2.05, 4.69) is 0 Å².